The molecule has 2 N–H and O–H groups in total. The molecule has 0 heterocycles. The van der Waals surface area contributed by atoms with Gasteiger partial charge < -0.3 is 10.4 Å². The highest BCUT2D eigenvalue weighted by molar-refractivity contribution is 9.10. The summed E-state index contributed by atoms with van der Waals surface area (Å²) >= 11 is 8.85. The Labute approximate surface area is 114 Å². The molecule has 0 radical (unpaired) electrons. The van der Waals surface area contributed by atoms with Crippen LogP contribution in [0.2, 0.25) is 0 Å². The molecule has 3 nitrogen and oxygen atoms in total. The molecule has 0 bridgehead atoms. The first-order chi connectivity index (χ1) is 8.04. The van der Waals surface area contributed by atoms with Crippen molar-refractivity contribution in [1.29, 1.82) is 0 Å². The van der Waals surface area contributed by atoms with Gasteiger partial charge in [0.1, 0.15) is 5.75 Å². The Balaban J connectivity index is 2.66. The van der Waals surface area contributed by atoms with Crippen molar-refractivity contribution < 1.29 is 9.90 Å². The van der Waals surface area contributed by atoms with E-state index in [4.69, 9.17) is 11.6 Å². The molecule has 0 aliphatic carbocycles. The maximum Gasteiger partial charge on any atom is 0.255 e. The number of benzene rings is 1. The summed E-state index contributed by atoms with van der Waals surface area (Å²) in [7, 11) is 0. The van der Waals surface area contributed by atoms with Gasteiger partial charge in [-0.2, -0.15) is 0 Å². The molecular weight excluding hydrogens is 305 g/mol. The fourth-order valence-electron chi connectivity index (χ4n) is 1.45. The van der Waals surface area contributed by atoms with Crippen molar-refractivity contribution in [2.45, 2.75) is 25.8 Å². The zero-order valence-corrected chi connectivity index (χ0v) is 11.9. The Bertz CT molecular complexity index is 398. The van der Waals surface area contributed by atoms with Gasteiger partial charge in [0.25, 0.3) is 5.91 Å². The van der Waals surface area contributed by atoms with Crippen molar-refractivity contribution in [3.05, 3.63) is 28.2 Å². The summed E-state index contributed by atoms with van der Waals surface area (Å²) < 4.78 is 0.758. The number of aromatic hydroxyl groups is 1. The van der Waals surface area contributed by atoms with Gasteiger partial charge in [0.15, 0.2) is 0 Å². The Hall–Kier alpha value is -0.740. The van der Waals surface area contributed by atoms with E-state index < -0.39 is 0 Å². The van der Waals surface area contributed by atoms with E-state index in [1.807, 2.05) is 6.92 Å². The zero-order valence-electron chi connectivity index (χ0n) is 9.54. The summed E-state index contributed by atoms with van der Waals surface area (Å²) in [5.74, 6) is 0.295. The molecule has 0 aliphatic rings. The molecule has 0 fully saturated rings. The van der Waals surface area contributed by atoms with Crippen molar-refractivity contribution in [2.75, 3.05) is 5.88 Å². The maximum absolute atomic E-state index is 11.9. The van der Waals surface area contributed by atoms with E-state index in [9.17, 15) is 9.90 Å². The second-order valence-corrected chi connectivity index (χ2v) is 5.16. The molecule has 0 saturated heterocycles. The van der Waals surface area contributed by atoms with E-state index in [1.54, 1.807) is 12.1 Å². The number of phenolic OH excluding ortho intramolecular Hbond substituents is 1. The van der Waals surface area contributed by atoms with E-state index in [0.717, 1.165) is 17.3 Å². The summed E-state index contributed by atoms with van der Waals surface area (Å²) in [6.45, 7) is 1.92. The molecule has 1 aromatic carbocycles. The van der Waals surface area contributed by atoms with Crippen molar-refractivity contribution in [1.82, 2.24) is 5.32 Å². The monoisotopic (exact) mass is 319 g/mol. The standard InChI is InChI=1S/C12H15BrClNO2/c1-8(3-2-6-14)15-12(17)10-7-9(13)4-5-11(10)16/h4-5,7-8,16H,2-3,6H2,1H3,(H,15,17). The lowest BCUT2D eigenvalue weighted by Crippen LogP contribution is -2.32. The minimum absolute atomic E-state index is 0.0183. The summed E-state index contributed by atoms with van der Waals surface area (Å²) in [4.78, 5) is 11.9. The van der Waals surface area contributed by atoms with Crippen LogP contribution in [-0.4, -0.2) is 22.9 Å². The molecule has 1 amide bonds. The first-order valence-electron chi connectivity index (χ1n) is 5.40. The van der Waals surface area contributed by atoms with Crippen LogP contribution in [0.3, 0.4) is 0 Å². The van der Waals surface area contributed by atoms with Crippen molar-refractivity contribution >= 4 is 33.4 Å². The molecule has 1 unspecified atom stereocenters. The van der Waals surface area contributed by atoms with E-state index in [1.165, 1.54) is 6.07 Å². The molecule has 1 atom stereocenters. The lowest BCUT2D eigenvalue weighted by atomic mass is 10.1. The average molecular weight is 321 g/mol. The second-order valence-electron chi connectivity index (χ2n) is 3.87. The van der Waals surface area contributed by atoms with E-state index in [-0.39, 0.29) is 23.3 Å². The molecule has 94 valence electrons. The lowest BCUT2D eigenvalue weighted by Gasteiger charge is -2.13. The normalized spacial score (nSPS) is 12.2. The summed E-state index contributed by atoms with van der Waals surface area (Å²) in [5.41, 5.74) is 0.275. The maximum atomic E-state index is 11.9. The van der Waals surface area contributed by atoms with Gasteiger partial charge in [0.2, 0.25) is 0 Å². The Kier molecular flexibility index (Phi) is 5.78. The number of nitrogens with one attached hydrogen (secondary N) is 1. The van der Waals surface area contributed by atoms with Gasteiger partial charge in [-0.3, -0.25) is 4.79 Å². The largest absolute Gasteiger partial charge is 0.507 e. The Morgan fingerprint density at radius 1 is 1.59 bits per heavy atom. The van der Waals surface area contributed by atoms with Gasteiger partial charge in [0.05, 0.1) is 5.56 Å². The summed E-state index contributed by atoms with van der Waals surface area (Å²) in [6.07, 6.45) is 1.68. The Morgan fingerprint density at radius 2 is 2.29 bits per heavy atom. The van der Waals surface area contributed by atoms with Crippen molar-refractivity contribution in [2.24, 2.45) is 0 Å². The highest BCUT2D eigenvalue weighted by atomic mass is 79.9. The third kappa shape index (κ3) is 4.56. The smallest absolute Gasteiger partial charge is 0.255 e. The van der Waals surface area contributed by atoms with Gasteiger partial charge in [-0.15, -0.1) is 11.6 Å². The quantitative estimate of drug-likeness (QED) is 0.818. The zero-order chi connectivity index (χ0) is 12.8. The molecule has 17 heavy (non-hydrogen) atoms. The molecule has 1 aromatic rings. The van der Waals surface area contributed by atoms with Crippen LogP contribution in [0, 0.1) is 0 Å². The van der Waals surface area contributed by atoms with Crippen LogP contribution in [0.4, 0.5) is 0 Å². The number of halogens is 2. The third-order valence-electron chi connectivity index (χ3n) is 2.35. The van der Waals surface area contributed by atoms with Crippen LogP contribution in [-0.2, 0) is 0 Å². The minimum atomic E-state index is -0.272. The van der Waals surface area contributed by atoms with Crippen LogP contribution in [0.15, 0.2) is 22.7 Å². The molecule has 0 spiro atoms. The van der Waals surface area contributed by atoms with Gasteiger partial charge in [-0.1, -0.05) is 15.9 Å². The number of hydrogen-bond donors (Lipinski definition) is 2. The summed E-state index contributed by atoms with van der Waals surface area (Å²) in [6, 6.07) is 4.81. The van der Waals surface area contributed by atoms with Crippen LogP contribution < -0.4 is 5.32 Å². The Morgan fingerprint density at radius 3 is 2.94 bits per heavy atom. The van der Waals surface area contributed by atoms with Crippen LogP contribution in [0.25, 0.3) is 0 Å². The molecular formula is C12H15BrClNO2. The van der Waals surface area contributed by atoms with Crippen molar-refractivity contribution in [3.63, 3.8) is 0 Å². The average Bonchev–Trinajstić information content (AvgIpc) is 2.29. The van der Waals surface area contributed by atoms with E-state index in [2.05, 4.69) is 21.2 Å². The molecule has 0 aliphatic heterocycles. The first-order valence-corrected chi connectivity index (χ1v) is 6.72. The number of carbonyl (C=O) groups excluding carboxylic acids is 1. The topological polar surface area (TPSA) is 49.3 Å². The third-order valence-corrected chi connectivity index (χ3v) is 3.11. The highest BCUT2D eigenvalue weighted by Crippen LogP contribution is 2.21. The summed E-state index contributed by atoms with van der Waals surface area (Å²) in [5, 5.41) is 12.4. The van der Waals surface area contributed by atoms with Crippen molar-refractivity contribution in [3.8, 4) is 5.75 Å². The second kappa shape index (κ2) is 6.87. The predicted molar refractivity (Wildman–Crippen MR) is 72.7 cm³/mol. The molecule has 5 heteroatoms. The number of rotatable bonds is 5. The number of carbonyl (C=O) groups is 1. The van der Waals surface area contributed by atoms with E-state index in [0.29, 0.717) is 5.88 Å². The van der Waals surface area contributed by atoms with Gasteiger partial charge in [-0.05, 0) is 38.0 Å². The van der Waals surface area contributed by atoms with Gasteiger partial charge >= 0.3 is 0 Å². The molecule has 0 saturated carbocycles. The lowest BCUT2D eigenvalue weighted by molar-refractivity contribution is 0.0935. The number of phenols is 1. The fourth-order valence-corrected chi connectivity index (χ4v) is 1.96. The van der Waals surface area contributed by atoms with Gasteiger partial charge in [0, 0.05) is 16.4 Å². The van der Waals surface area contributed by atoms with Crippen LogP contribution >= 0.6 is 27.5 Å². The molecule has 1 rings (SSSR count). The minimum Gasteiger partial charge on any atom is -0.507 e. The molecule has 0 aromatic heterocycles. The number of amides is 1. The van der Waals surface area contributed by atoms with Crippen LogP contribution in [0.5, 0.6) is 5.75 Å². The predicted octanol–water partition coefficient (Wildman–Crippen LogP) is 3.29. The fraction of sp³-hybridized carbons (Fsp3) is 0.417. The van der Waals surface area contributed by atoms with Crippen LogP contribution in [0.1, 0.15) is 30.1 Å². The highest BCUT2D eigenvalue weighted by Gasteiger charge is 2.13. The SMILES string of the molecule is CC(CCCCl)NC(=O)c1cc(Br)ccc1O. The number of alkyl halides is 1. The number of hydrogen-bond acceptors (Lipinski definition) is 2. The van der Waals surface area contributed by atoms with E-state index >= 15 is 0 Å². The van der Waals surface area contributed by atoms with Gasteiger partial charge in [-0.25, -0.2) is 0 Å². The first kappa shape index (κ1) is 14.3.